The molecule has 3 N–H and O–H groups in total. The molecule has 0 spiro atoms. The molecule has 0 aliphatic rings. The Morgan fingerprint density at radius 2 is 2.00 bits per heavy atom. The van der Waals surface area contributed by atoms with Crippen molar-refractivity contribution in [1.82, 2.24) is 5.43 Å². The lowest BCUT2D eigenvalue weighted by Gasteiger charge is -2.07. The average molecular weight is 434 g/mol. The van der Waals surface area contributed by atoms with Gasteiger partial charge in [0, 0.05) is 12.1 Å². The maximum Gasteiger partial charge on any atom is 0.349 e. The van der Waals surface area contributed by atoms with Crippen molar-refractivity contribution in [3.63, 3.8) is 0 Å². The fraction of sp³-hybridized carbons (Fsp3) is 0.0476. The molecule has 0 saturated heterocycles. The first-order valence-electron chi connectivity index (χ1n) is 8.92. The molecule has 1 aromatic heterocycles. The fourth-order valence-corrected chi connectivity index (χ4v) is 2.82. The third-order valence-corrected chi connectivity index (χ3v) is 4.35. The van der Waals surface area contributed by atoms with Gasteiger partial charge in [0.05, 0.1) is 21.6 Å². The summed E-state index contributed by atoms with van der Waals surface area (Å²) in [6, 6.07) is 11.0. The number of fused-ring (bicyclic) bond motifs is 1. The SMILES string of the molecule is C/C(=N\NC(=O)/C(C#N)=C/c1ccccc1[N+](=O)[O-])c1c(O)c2ccc(O)cc2oc1=O. The number of aromatic hydroxyl groups is 2. The van der Waals surface area contributed by atoms with Crippen LogP contribution in [0.2, 0.25) is 0 Å². The fourth-order valence-electron chi connectivity index (χ4n) is 2.82. The van der Waals surface area contributed by atoms with E-state index in [0.717, 1.165) is 12.1 Å². The quantitative estimate of drug-likeness (QED) is 0.137. The highest BCUT2D eigenvalue weighted by atomic mass is 16.6. The molecule has 3 rings (SSSR count). The van der Waals surface area contributed by atoms with Gasteiger partial charge < -0.3 is 14.6 Å². The number of rotatable bonds is 5. The van der Waals surface area contributed by atoms with Gasteiger partial charge in [0.25, 0.3) is 11.6 Å². The minimum atomic E-state index is -0.986. The summed E-state index contributed by atoms with van der Waals surface area (Å²) in [5, 5.41) is 44.1. The van der Waals surface area contributed by atoms with Crippen molar-refractivity contribution < 1.29 is 24.3 Å². The van der Waals surface area contributed by atoms with Crippen molar-refractivity contribution in [1.29, 1.82) is 5.26 Å². The van der Waals surface area contributed by atoms with Gasteiger partial charge in [0.15, 0.2) is 0 Å². The number of hydrogen-bond donors (Lipinski definition) is 3. The molecular formula is C21H14N4O7. The number of nitro groups is 1. The van der Waals surface area contributed by atoms with Crippen molar-refractivity contribution in [3.8, 4) is 17.6 Å². The minimum Gasteiger partial charge on any atom is -0.508 e. The molecule has 3 aromatic rings. The van der Waals surface area contributed by atoms with Crippen LogP contribution in [-0.4, -0.2) is 26.8 Å². The number of nitriles is 1. The van der Waals surface area contributed by atoms with E-state index in [1.807, 2.05) is 0 Å². The van der Waals surface area contributed by atoms with E-state index in [9.17, 15) is 35.2 Å². The number of nitro benzene ring substituents is 1. The molecule has 11 nitrogen and oxygen atoms in total. The van der Waals surface area contributed by atoms with Gasteiger partial charge in [-0.3, -0.25) is 14.9 Å². The van der Waals surface area contributed by atoms with Crippen LogP contribution in [0.25, 0.3) is 17.0 Å². The number of nitrogens with one attached hydrogen (secondary N) is 1. The van der Waals surface area contributed by atoms with Gasteiger partial charge in [0.1, 0.15) is 34.3 Å². The molecule has 0 atom stereocenters. The lowest BCUT2D eigenvalue weighted by molar-refractivity contribution is -0.385. The number of hydrazone groups is 1. The van der Waals surface area contributed by atoms with Crippen LogP contribution in [0.1, 0.15) is 18.1 Å². The number of hydrogen-bond acceptors (Lipinski definition) is 9. The van der Waals surface area contributed by atoms with Crippen LogP contribution >= 0.6 is 0 Å². The second-order valence-corrected chi connectivity index (χ2v) is 6.42. The number of amides is 1. The van der Waals surface area contributed by atoms with Crippen LogP contribution in [0.4, 0.5) is 5.69 Å². The number of nitrogens with zero attached hydrogens (tertiary/aromatic N) is 3. The molecule has 2 aromatic carbocycles. The molecule has 0 saturated carbocycles. The number of benzene rings is 2. The number of phenolic OH excluding ortho intramolecular Hbond substituents is 1. The van der Waals surface area contributed by atoms with Crippen molar-refractivity contribution in [3.05, 3.63) is 79.7 Å². The highest BCUT2D eigenvalue weighted by molar-refractivity contribution is 6.06. The molecule has 11 heteroatoms. The molecule has 0 radical (unpaired) electrons. The van der Waals surface area contributed by atoms with Gasteiger partial charge in [-0.25, -0.2) is 10.2 Å². The van der Waals surface area contributed by atoms with Gasteiger partial charge in [-0.05, 0) is 31.2 Å². The number of phenols is 1. The molecule has 0 aliphatic carbocycles. The van der Waals surface area contributed by atoms with E-state index >= 15 is 0 Å². The van der Waals surface area contributed by atoms with Gasteiger partial charge in [-0.15, -0.1) is 0 Å². The van der Waals surface area contributed by atoms with Crippen LogP contribution in [0.5, 0.6) is 11.5 Å². The number of carbonyl (C=O) groups excluding carboxylic acids is 1. The molecule has 0 unspecified atom stereocenters. The van der Waals surface area contributed by atoms with Crippen molar-refractivity contribution in [2.75, 3.05) is 0 Å². The van der Waals surface area contributed by atoms with E-state index in [-0.39, 0.29) is 39.2 Å². The lowest BCUT2D eigenvalue weighted by atomic mass is 10.1. The maximum absolute atomic E-state index is 12.3. The van der Waals surface area contributed by atoms with Gasteiger partial charge in [0.2, 0.25) is 0 Å². The van der Waals surface area contributed by atoms with Crippen LogP contribution in [-0.2, 0) is 4.79 Å². The third kappa shape index (κ3) is 4.29. The Kier molecular flexibility index (Phi) is 5.97. The second kappa shape index (κ2) is 8.80. The Morgan fingerprint density at radius 3 is 2.69 bits per heavy atom. The molecule has 0 aliphatic heterocycles. The zero-order chi connectivity index (χ0) is 23.4. The predicted molar refractivity (Wildman–Crippen MR) is 113 cm³/mol. The highest BCUT2D eigenvalue weighted by Crippen LogP contribution is 2.29. The highest BCUT2D eigenvalue weighted by Gasteiger charge is 2.18. The van der Waals surface area contributed by atoms with Crippen molar-refractivity contribution >= 4 is 34.4 Å². The van der Waals surface area contributed by atoms with Crippen molar-refractivity contribution in [2.45, 2.75) is 6.92 Å². The molecule has 0 fully saturated rings. The monoisotopic (exact) mass is 434 g/mol. The topological polar surface area (TPSA) is 179 Å². The Bertz CT molecular complexity index is 1410. The summed E-state index contributed by atoms with van der Waals surface area (Å²) in [5.74, 6) is -1.62. The first-order chi connectivity index (χ1) is 15.2. The van der Waals surface area contributed by atoms with E-state index in [4.69, 9.17) is 4.42 Å². The number of para-hydroxylation sites is 1. The van der Waals surface area contributed by atoms with Crippen LogP contribution < -0.4 is 11.1 Å². The van der Waals surface area contributed by atoms with Gasteiger partial charge in [-0.2, -0.15) is 10.4 Å². The average Bonchev–Trinajstić information content (AvgIpc) is 2.75. The maximum atomic E-state index is 12.3. The Morgan fingerprint density at radius 1 is 1.28 bits per heavy atom. The second-order valence-electron chi connectivity index (χ2n) is 6.42. The van der Waals surface area contributed by atoms with E-state index in [2.05, 4.69) is 10.5 Å². The van der Waals surface area contributed by atoms with Crippen molar-refractivity contribution in [2.24, 2.45) is 5.10 Å². The summed E-state index contributed by atoms with van der Waals surface area (Å²) in [4.78, 5) is 35.1. The van der Waals surface area contributed by atoms with E-state index in [1.165, 1.54) is 43.3 Å². The lowest BCUT2D eigenvalue weighted by Crippen LogP contribution is -2.22. The summed E-state index contributed by atoms with van der Waals surface area (Å²) >= 11 is 0. The summed E-state index contributed by atoms with van der Waals surface area (Å²) < 4.78 is 5.07. The summed E-state index contributed by atoms with van der Waals surface area (Å²) in [7, 11) is 0. The normalized spacial score (nSPS) is 11.8. The van der Waals surface area contributed by atoms with Crippen LogP contribution in [0, 0.1) is 21.4 Å². The van der Waals surface area contributed by atoms with E-state index < -0.39 is 27.8 Å². The molecule has 1 heterocycles. The summed E-state index contributed by atoms with van der Waals surface area (Å²) in [6.45, 7) is 1.32. The zero-order valence-electron chi connectivity index (χ0n) is 16.4. The third-order valence-electron chi connectivity index (χ3n) is 4.35. The van der Waals surface area contributed by atoms with E-state index in [1.54, 1.807) is 6.07 Å². The Balaban J connectivity index is 1.93. The Labute approximate surface area is 179 Å². The number of carbonyl (C=O) groups is 1. The van der Waals surface area contributed by atoms with Crippen LogP contribution in [0.3, 0.4) is 0 Å². The Hall–Kier alpha value is -4.98. The first kappa shape index (κ1) is 21.7. The molecule has 1 amide bonds. The first-order valence-corrected chi connectivity index (χ1v) is 8.92. The molecule has 32 heavy (non-hydrogen) atoms. The summed E-state index contributed by atoms with van der Waals surface area (Å²) in [6.07, 6.45) is 1.03. The minimum absolute atomic E-state index is 0.0426. The molecule has 0 bridgehead atoms. The van der Waals surface area contributed by atoms with Crippen LogP contribution in [0.15, 0.2) is 62.4 Å². The molecule has 160 valence electrons. The zero-order valence-corrected chi connectivity index (χ0v) is 16.4. The standard InChI is InChI=1S/C21H14N4O7/c1-11(18-19(27)15-7-6-14(26)9-17(15)32-21(18)29)23-24-20(28)13(10-22)8-12-4-2-3-5-16(12)25(30)31/h2-9,26-27H,1H3,(H,24,28)/b13-8+,23-11+. The predicted octanol–water partition coefficient (Wildman–Crippen LogP) is 2.56. The summed E-state index contributed by atoms with van der Waals surface area (Å²) in [5.41, 5.74) is -0.120. The largest absolute Gasteiger partial charge is 0.508 e. The van der Waals surface area contributed by atoms with E-state index in [0.29, 0.717) is 0 Å². The van der Waals surface area contributed by atoms with Gasteiger partial charge >= 0.3 is 5.63 Å². The molecular weight excluding hydrogens is 420 g/mol. The smallest absolute Gasteiger partial charge is 0.349 e. The van der Waals surface area contributed by atoms with Gasteiger partial charge in [-0.1, -0.05) is 12.1 Å².